The zero-order chi connectivity index (χ0) is 13.4. The van der Waals surface area contributed by atoms with Gasteiger partial charge in [0.25, 0.3) is 11.8 Å². The van der Waals surface area contributed by atoms with E-state index in [4.69, 9.17) is 10.3 Å². The predicted octanol–water partition coefficient (Wildman–Crippen LogP) is 2.20. The van der Waals surface area contributed by atoms with Crippen molar-refractivity contribution in [3.63, 3.8) is 0 Å². The van der Waals surface area contributed by atoms with Crippen LogP contribution < -0.4 is 10.6 Å². The van der Waals surface area contributed by atoms with Crippen molar-refractivity contribution in [2.75, 3.05) is 23.7 Å². The van der Waals surface area contributed by atoms with Crippen LogP contribution in [0.3, 0.4) is 0 Å². The summed E-state index contributed by atoms with van der Waals surface area (Å²) in [6, 6.07) is 1.87. The van der Waals surface area contributed by atoms with Gasteiger partial charge in [-0.25, -0.2) is 8.78 Å². The van der Waals surface area contributed by atoms with Gasteiger partial charge in [0.15, 0.2) is 0 Å². The van der Waals surface area contributed by atoms with Gasteiger partial charge in [-0.15, -0.1) is 0 Å². The summed E-state index contributed by atoms with van der Waals surface area (Å²) < 4.78 is 31.8. The summed E-state index contributed by atoms with van der Waals surface area (Å²) >= 11 is 0. The second kappa shape index (κ2) is 4.49. The molecule has 2 N–H and O–H groups in total. The molecule has 0 saturated carbocycles. The lowest BCUT2D eigenvalue weighted by atomic mass is 10.2. The monoisotopic (exact) mass is 266 g/mol. The van der Waals surface area contributed by atoms with Crippen molar-refractivity contribution in [3.8, 4) is 11.5 Å². The third-order valence-corrected chi connectivity index (χ3v) is 3.12. The lowest BCUT2D eigenvalue weighted by Crippen LogP contribution is -2.18. The SMILES string of the molecule is Nc1cc(-c2nc(N3CCCC3)no2)c(F)cc1F. The van der Waals surface area contributed by atoms with Crippen molar-refractivity contribution in [3.05, 3.63) is 23.8 Å². The van der Waals surface area contributed by atoms with Crippen LogP contribution in [0.2, 0.25) is 0 Å². The third-order valence-electron chi connectivity index (χ3n) is 3.12. The van der Waals surface area contributed by atoms with Crippen LogP contribution in [-0.2, 0) is 0 Å². The van der Waals surface area contributed by atoms with Crippen molar-refractivity contribution < 1.29 is 13.3 Å². The Kier molecular flexibility index (Phi) is 2.81. The number of hydrogen-bond donors (Lipinski definition) is 1. The number of halogens is 2. The molecule has 1 aromatic heterocycles. The zero-order valence-electron chi connectivity index (χ0n) is 10.1. The van der Waals surface area contributed by atoms with Crippen molar-refractivity contribution in [1.29, 1.82) is 0 Å². The fraction of sp³-hybridized carbons (Fsp3) is 0.333. The minimum absolute atomic E-state index is 0.00565. The standard InChI is InChI=1S/C12H12F2N4O/c13-8-6-9(14)10(15)5-7(8)11-16-12(17-19-11)18-3-1-2-4-18/h5-6H,1-4,15H2. The van der Waals surface area contributed by atoms with Crippen LogP contribution in [0.25, 0.3) is 11.5 Å². The molecule has 7 heteroatoms. The van der Waals surface area contributed by atoms with Crippen LogP contribution in [0, 0.1) is 11.6 Å². The van der Waals surface area contributed by atoms with Crippen LogP contribution in [0.4, 0.5) is 20.4 Å². The van der Waals surface area contributed by atoms with Gasteiger partial charge in [0.1, 0.15) is 11.6 Å². The molecule has 0 radical (unpaired) electrons. The fourth-order valence-corrected chi connectivity index (χ4v) is 2.10. The summed E-state index contributed by atoms with van der Waals surface area (Å²) in [7, 11) is 0. The van der Waals surface area contributed by atoms with Crippen LogP contribution >= 0.6 is 0 Å². The molecule has 1 fully saturated rings. The van der Waals surface area contributed by atoms with Gasteiger partial charge >= 0.3 is 0 Å². The zero-order valence-corrected chi connectivity index (χ0v) is 10.1. The Labute approximate surface area is 108 Å². The molecular weight excluding hydrogens is 254 g/mol. The largest absolute Gasteiger partial charge is 0.396 e. The fourth-order valence-electron chi connectivity index (χ4n) is 2.10. The quantitative estimate of drug-likeness (QED) is 0.844. The summed E-state index contributed by atoms with van der Waals surface area (Å²) in [5.74, 6) is -1.15. The van der Waals surface area contributed by atoms with E-state index >= 15 is 0 Å². The number of anilines is 2. The lowest BCUT2D eigenvalue weighted by molar-refractivity contribution is 0.427. The first-order valence-electron chi connectivity index (χ1n) is 5.98. The molecule has 1 saturated heterocycles. The second-order valence-electron chi connectivity index (χ2n) is 4.45. The molecule has 0 aliphatic carbocycles. The van der Waals surface area contributed by atoms with Gasteiger partial charge in [0, 0.05) is 19.2 Å². The molecule has 19 heavy (non-hydrogen) atoms. The number of benzene rings is 1. The molecule has 1 aliphatic rings. The Hall–Kier alpha value is -2.18. The van der Waals surface area contributed by atoms with Crippen LogP contribution in [0.1, 0.15) is 12.8 Å². The average molecular weight is 266 g/mol. The van der Waals surface area contributed by atoms with E-state index in [9.17, 15) is 8.78 Å². The molecule has 0 amide bonds. The molecule has 100 valence electrons. The molecule has 0 bridgehead atoms. The minimum Gasteiger partial charge on any atom is -0.396 e. The number of nitrogens with zero attached hydrogens (tertiary/aromatic N) is 3. The lowest BCUT2D eigenvalue weighted by Gasteiger charge is -2.09. The van der Waals surface area contributed by atoms with Crippen molar-refractivity contribution in [1.82, 2.24) is 10.1 Å². The number of nitrogen functional groups attached to an aromatic ring is 1. The molecule has 1 aliphatic heterocycles. The van der Waals surface area contributed by atoms with E-state index in [0.717, 1.165) is 32.0 Å². The van der Waals surface area contributed by atoms with E-state index < -0.39 is 11.6 Å². The van der Waals surface area contributed by atoms with Crippen molar-refractivity contribution in [2.45, 2.75) is 12.8 Å². The number of nitrogens with two attached hydrogens (primary N) is 1. The molecule has 5 nitrogen and oxygen atoms in total. The molecule has 0 spiro atoms. The molecule has 1 aromatic carbocycles. The van der Waals surface area contributed by atoms with Gasteiger partial charge in [0.05, 0.1) is 11.3 Å². The molecule has 2 aromatic rings. The molecule has 0 unspecified atom stereocenters. The van der Waals surface area contributed by atoms with Crippen molar-refractivity contribution >= 4 is 11.6 Å². The van der Waals surface area contributed by atoms with Crippen LogP contribution in [0.5, 0.6) is 0 Å². The van der Waals surface area contributed by atoms with E-state index in [0.29, 0.717) is 12.0 Å². The first-order valence-corrected chi connectivity index (χ1v) is 5.98. The highest BCUT2D eigenvalue weighted by Gasteiger charge is 2.21. The van der Waals surface area contributed by atoms with E-state index in [1.54, 1.807) is 0 Å². The highest BCUT2D eigenvalue weighted by Crippen LogP contribution is 2.27. The topological polar surface area (TPSA) is 68.2 Å². The number of rotatable bonds is 2. The first-order chi connectivity index (χ1) is 9.15. The summed E-state index contributed by atoms with van der Waals surface area (Å²) in [4.78, 5) is 6.08. The van der Waals surface area contributed by atoms with E-state index in [1.807, 2.05) is 4.90 Å². The van der Waals surface area contributed by atoms with E-state index in [2.05, 4.69) is 10.1 Å². The highest BCUT2D eigenvalue weighted by molar-refractivity contribution is 5.62. The molecule has 2 heterocycles. The average Bonchev–Trinajstić information content (AvgIpc) is 3.03. The molecule has 3 rings (SSSR count). The number of aromatic nitrogens is 2. The maximum absolute atomic E-state index is 13.7. The predicted molar refractivity (Wildman–Crippen MR) is 65.5 cm³/mol. The summed E-state index contributed by atoms with van der Waals surface area (Å²) in [6.07, 6.45) is 2.14. The van der Waals surface area contributed by atoms with Gasteiger partial charge in [-0.3, -0.25) is 0 Å². The summed E-state index contributed by atoms with van der Waals surface area (Å²) in [5, 5.41) is 3.81. The Bertz CT molecular complexity index is 608. The van der Waals surface area contributed by atoms with Gasteiger partial charge < -0.3 is 15.2 Å². The third kappa shape index (κ3) is 2.11. The Morgan fingerprint density at radius 3 is 2.63 bits per heavy atom. The van der Waals surface area contributed by atoms with Gasteiger partial charge in [0.2, 0.25) is 0 Å². The summed E-state index contributed by atoms with van der Waals surface area (Å²) in [6.45, 7) is 1.71. The Morgan fingerprint density at radius 1 is 1.16 bits per heavy atom. The Balaban J connectivity index is 1.96. The van der Waals surface area contributed by atoms with E-state index in [-0.39, 0.29) is 17.1 Å². The van der Waals surface area contributed by atoms with Gasteiger partial charge in [-0.05, 0) is 24.1 Å². The molecular formula is C12H12F2N4O. The Morgan fingerprint density at radius 2 is 1.89 bits per heavy atom. The smallest absolute Gasteiger partial charge is 0.266 e. The molecule has 0 atom stereocenters. The first kappa shape index (κ1) is 11.9. The van der Waals surface area contributed by atoms with Gasteiger partial charge in [-0.1, -0.05) is 0 Å². The summed E-state index contributed by atoms with van der Waals surface area (Å²) in [5.41, 5.74) is 5.27. The maximum atomic E-state index is 13.7. The van der Waals surface area contributed by atoms with Crippen LogP contribution in [0.15, 0.2) is 16.7 Å². The minimum atomic E-state index is -0.805. The second-order valence-corrected chi connectivity index (χ2v) is 4.45. The van der Waals surface area contributed by atoms with Crippen molar-refractivity contribution in [2.24, 2.45) is 0 Å². The van der Waals surface area contributed by atoms with Crippen LogP contribution in [-0.4, -0.2) is 23.2 Å². The maximum Gasteiger partial charge on any atom is 0.266 e. The highest BCUT2D eigenvalue weighted by atomic mass is 19.1. The normalized spacial score (nSPS) is 15.2. The van der Waals surface area contributed by atoms with E-state index in [1.165, 1.54) is 0 Å². The van der Waals surface area contributed by atoms with Gasteiger partial charge in [-0.2, -0.15) is 4.98 Å². The number of hydrogen-bond acceptors (Lipinski definition) is 5.